The van der Waals surface area contributed by atoms with Gasteiger partial charge in [-0.1, -0.05) is 42.5 Å². The smallest absolute Gasteiger partial charge is 0.305 e. The molecule has 2 aromatic carbocycles. The summed E-state index contributed by atoms with van der Waals surface area (Å²) in [7, 11) is 0. The molecule has 1 atom stereocenters. The molecule has 2 aromatic rings. The largest absolute Gasteiger partial charge is 0.481 e. The number of ketones is 1. The Morgan fingerprint density at radius 1 is 0.875 bits per heavy atom. The lowest BCUT2D eigenvalue weighted by Gasteiger charge is -2.23. The third kappa shape index (κ3) is 2.58. The van der Waals surface area contributed by atoms with Crippen LogP contribution >= 0.6 is 0 Å². The molecule has 3 rings (SSSR count). The van der Waals surface area contributed by atoms with E-state index in [-0.39, 0.29) is 16.7 Å². The van der Waals surface area contributed by atoms with Crippen LogP contribution in [0.4, 0.5) is 0 Å². The monoisotopic (exact) mass is 323 g/mol. The molecule has 0 saturated carbocycles. The highest BCUT2D eigenvalue weighted by Crippen LogP contribution is 2.27. The van der Waals surface area contributed by atoms with E-state index in [1.807, 2.05) is 0 Å². The number of carboxylic acid groups (broad SMARTS) is 1. The van der Waals surface area contributed by atoms with Gasteiger partial charge < -0.3 is 5.11 Å². The van der Waals surface area contributed by atoms with Gasteiger partial charge in [-0.05, 0) is 12.1 Å². The normalized spacial score (nSPS) is 14.4. The van der Waals surface area contributed by atoms with Crippen molar-refractivity contribution in [2.75, 3.05) is 0 Å². The van der Waals surface area contributed by atoms with E-state index in [0.717, 1.165) is 4.90 Å². The molecule has 0 aromatic heterocycles. The molecule has 6 nitrogen and oxygen atoms in total. The van der Waals surface area contributed by atoms with Crippen LogP contribution in [-0.4, -0.2) is 39.6 Å². The summed E-state index contributed by atoms with van der Waals surface area (Å²) in [5.74, 6) is -3.13. The average molecular weight is 323 g/mol. The quantitative estimate of drug-likeness (QED) is 0.671. The Bertz CT molecular complexity index is 808. The van der Waals surface area contributed by atoms with Crippen molar-refractivity contribution in [1.29, 1.82) is 0 Å². The van der Waals surface area contributed by atoms with Gasteiger partial charge in [0.1, 0.15) is 6.04 Å². The summed E-state index contributed by atoms with van der Waals surface area (Å²) in [5.41, 5.74) is 0.609. The van der Waals surface area contributed by atoms with Crippen LogP contribution in [0.2, 0.25) is 0 Å². The number of carboxylic acids is 1. The molecule has 1 aliphatic heterocycles. The molecule has 0 saturated heterocycles. The maximum Gasteiger partial charge on any atom is 0.305 e. The Morgan fingerprint density at radius 3 is 1.88 bits per heavy atom. The summed E-state index contributed by atoms with van der Waals surface area (Å²) < 4.78 is 0. The molecule has 0 aliphatic carbocycles. The molecule has 0 fully saturated rings. The van der Waals surface area contributed by atoms with Crippen LogP contribution in [0.15, 0.2) is 54.6 Å². The Hall–Kier alpha value is -3.28. The number of aliphatic carboxylic acids is 1. The Balaban J connectivity index is 2.02. The first-order chi connectivity index (χ1) is 11.5. The lowest BCUT2D eigenvalue weighted by Crippen LogP contribution is -2.46. The number of carbonyl (C=O) groups is 4. The lowest BCUT2D eigenvalue weighted by atomic mass is 10.00. The Kier molecular flexibility index (Phi) is 3.95. The van der Waals surface area contributed by atoms with E-state index >= 15 is 0 Å². The number of benzene rings is 2. The molecule has 1 N–H and O–H groups in total. The number of rotatable bonds is 5. The molecule has 0 spiro atoms. The highest BCUT2D eigenvalue weighted by atomic mass is 16.4. The predicted molar refractivity (Wildman–Crippen MR) is 83.8 cm³/mol. The number of hydrogen-bond acceptors (Lipinski definition) is 4. The van der Waals surface area contributed by atoms with Crippen molar-refractivity contribution in [3.8, 4) is 0 Å². The first kappa shape index (κ1) is 15.6. The van der Waals surface area contributed by atoms with Crippen molar-refractivity contribution in [2.45, 2.75) is 12.5 Å². The summed E-state index contributed by atoms with van der Waals surface area (Å²) in [4.78, 5) is 49.7. The number of hydrogen-bond donors (Lipinski definition) is 1. The molecule has 2 amide bonds. The molecule has 24 heavy (non-hydrogen) atoms. The maximum absolute atomic E-state index is 12.7. The summed E-state index contributed by atoms with van der Waals surface area (Å²) in [5, 5.41) is 9.13. The van der Waals surface area contributed by atoms with Crippen LogP contribution in [0.5, 0.6) is 0 Å². The van der Waals surface area contributed by atoms with E-state index in [9.17, 15) is 19.2 Å². The van der Waals surface area contributed by atoms with Gasteiger partial charge in [0.15, 0.2) is 5.78 Å². The van der Waals surface area contributed by atoms with Crippen LogP contribution < -0.4 is 0 Å². The number of carbonyl (C=O) groups excluding carboxylic acids is 3. The van der Waals surface area contributed by atoms with Crippen molar-refractivity contribution in [1.82, 2.24) is 4.90 Å². The predicted octanol–water partition coefficient (Wildman–Crippen LogP) is 2.01. The van der Waals surface area contributed by atoms with Gasteiger partial charge in [-0.15, -0.1) is 0 Å². The van der Waals surface area contributed by atoms with E-state index in [1.54, 1.807) is 30.3 Å². The first-order valence-electron chi connectivity index (χ1n) is 7.28. The third-order valence-electron chi connectivity index (χ3n) is 3.87. The topological polar surface area (TPSA) is 91.8 Å². The molecule has 120 valence electrons. The minimum atomic E-state index is -1.38. The fraction of sp³-hybridized carbons (Fsp3) is 0.111. The number of nitrogens with zero attached hydrogens (tertiary/aromatic N) is 1. The zero-order valence-corrected chi connectivity index (χ0v) is 12.5. The average Bonchev–Trinajstić information content (AvgIpc) is 2.84. The van der Waals surface area contributed by atoms with Crippen LogP contribution in [0.1, 0.15) is 37.5 Å². The number of Topliss-reactive ketones (excluding diaryl/α,β-unsaturated/α-hetero) is 1. The van der Waals surface area contributed by atoms with Gasteiger partial charge in [-0.25, -0.2) is 0 Å². The fourth-order valence-electron chi connectivity index (χ4n) is 2.75. The van der Waals surface area contributed by atoms with E-state index in [2.05, 4.69) is 0 Å². The molecule has 0 bridgehead atoms. The van der Waals surface area contributed by atoms with Gasteiger partial charge in [0.05, 0.1) is 17.5 Å². The van der Waals surface area contributed by atoms with Crippen molar-refractivity contribution in [3.05, 3.63) is 71.3 Å². The molecule has 6 heteroatoms. The molecular formula is C18H13NO5. The molecule has 1 aliphatic rings. The summed E-state index contributed by atoms with van der Waals surface area (Å²) in [6.45, 7) is 0. The fourth-order valence-corrected chi connectivity index (χ4v) is 2.75. The van der Waals surface area contributed by atoms with Crippen molar-refractivity contribution in [3.63, 3.8) is 0 Å². The van der Waals surface area contributed by atoms with Gasteiger partial charge >= 0.3 is 5.97 Å². The minimum absolute atomic E-state index is 0.179. The molecule has 1 heterocycles. The Morgan fingerprint density at radius 2 is 1.38 bits per heavy atom. The molecular weight excluding hydrogens is 310 g/mol. The summed E-state index contributed by atoms with van der Waals surface area (Å²) in [6, 6.07) is 12.8. The molecule has 0 unspecified atom stereocenters. The highest BCUT2D eigenvalue weighted by molar-refractivity contribution is 6.24. The zero-order chi connectivity index (χ0) is 17.3. The maximum atomic E-state index is 12.7. The standard InChI is InChI=1S/C18H13NO5/c20-15(21)10-14(16(22)11-6-2-1-3-7-11)19-17(23)12-8-4-5-9-13(12)18(19)24/h1-9,14H,10H2,(H,20,21)/t14-/m1/s1. The van der Waals surface area contributed by atoms with Crippen LogP contribution in [0.25, 0.3) is 0 Å². The van der Waals surface area contributed by atoms with Crippen LogP contribution in [0.3, 0.4) is 0 Å². The van der Waals surface area contributed by atoms with Gasteiger partial charge in [0.2, 0.25) is 0 Å². The van der Waals surface area contributed by atoms with Crippen LogP contribution in [-0.2, 0) is 4.79 Å². The van der Waals surface area contributed by atoms with E-state index in [1.165, 1.54) is 24.3 Å². The van der Waals surface area contributed by atoms with Crippen molar-refractivity contribution < 1.29 is 24.3 Å². The van der Waals surface area contributed by atoms with Crippen molar-refractivity contribution in [2.24, 2.45) is 0 Å². The number of imide groups is 1. The summed E-state index contributed by atoms with van der Waals surface area (Å²) >= 11 is 0. The SMILES string of the molecule is O=C(O)C[C@H](C(=O)c1ccccc1)N1C(=O)c2ccccc2C1=O. The Labute approximate surface area is 137 Å². The van der Waals surface area contributed by atoms with Gasteiger partial charge in [0.25, 0.3) is 11.8 Å². The second-order valence-electron chi connectivity index (χ2n) is 5.37. The van der Waals surface area contributed by atoms with E-state index in [4.69, 9.17) is 5.11 Å². The second-order valence-corrected chi connectivity index (χ2v) is 5.37. The number of fused-ring (bicyclic) bond motifs is 1. The summed E-state index contributed by atoms with van der Waals surface area (Å²) in [6.07, 6.45) is -0.640. The van der Waals surface area contributed by atoms with Crippen LogP contribution in [0, 0.1) is 0 Å². The zero-order valence-electron chi connectivity index (χ0n) is 12.5. The van der Waals surface area contributed by atoms with Gasteiger partial charge in [-0.2, -0.15) is 0 Å². The lowest BCUT2D eigenvalue weighted by molar-refractivity contribution is -0.137. The minimum Gasteiger partial charge on any atom is -0.481 e. The third-order valence-corrected chi connectivity index (χ3v) is 3.87. The van der Waals surface area contributed by atoms with E-state index in [0.29, 0.717) is 0 Å². The molecule has 0 radical (unpaired) electrons. The first-order valence-corrected chi connectivity index (χ1v) is 7.28. The van der Waals surface area contributed by atoms with E-state index < -0.39 is 36.0 Å². The van der Waals surface area contributed by atoms with Crippen molar-refractivity contribution >= 4 is 23.6 Å². The van der Waals surface area contributed by atoms with Gasteiger partial charge in [0, 0.05) is 5.56 Å². The second kappa shape index (κ2) is 6.08. The number of amides is 2. The highest BCUT2D eigenvalue weighted by Gasteiger charge is 2.43. The van der Waals surface area contributed by atoms with Gasteiger partial charge in [-0.3, -0.25) is 24.1 Å².